The minimum absolute atomic E-state index is 0.150. The van der Waals surface area contributed by atoms with Crippen molar-refractivity contribution in [1.29, 1.82) is 0 Å². The highest BCUT2D eigenvalue weighted by molar-refractivity contribution is 5.71. The summed E-state index contributed by atoms with van der Waals surface area (Å²) in [6, 6.07) is 16.9. The van der Waals surface area contributed by atoms with Crippen LogP contribution in [0.15, 0.2) is 42.5 Å². The molecule has 93 valence electrons. The molecular weight excluding hydrogens is 224 g/mol. The van der Waals surface area contributed by atoms with Gasteiger partial charge in [-0.15, -0.1) is 0 Å². The van der Waals surface area contributed by atoms with Gasteiger partial charge in [-0.2, -0.15) is 0 Å². The van der Waals surface area contributed by atoms with Gasteiger partial charge in [0, 0.05) is 5.56 Å². The molecule has 0 spiro atoms. The molecule has 2 aromatic carbocycles. The van der Waals surface area contributed by atoms with Crippen LogP contribution in [0.25, 0.3) is 11.1 Å². The first-order valence-corrected chi connectivity index (χ1v) is 6.02. The second-order valence-corrected chi connectivity index (χ2v) is 4.30. The largest absolute Gasteiger partial charge is 0.497 e. The third-order valence-electron chi connectivity index (χ3n) is 2.55. The van der Waals surface area contributed by atoms with Crippen molar-refractivity contribution in [1.82, 2.24) is 0 Å². The van der Waals surface area contributed by atoms with E-state index >= 15 is 0 Å². The Balaban J connectivity index is 2.42. The molecule has 0 atom stereocenters. The Morgan fingerprint density at radius 2 is 1.89 bits per heavy atom. The summed E-state index contributed by atoms with van der Waals surface area (Å²) in [4.78, 5) is 0. The quantitative estimate of drug-likeness (QED) is 0.807. The van der Waals surface area contributed by atoms with Gasteiger partial charge in [0.15, 0.2) is 0 Å². The van der Waals surface area contributed by atoms with E-state index in [9.17, 15) is 0 Å². The summed E-state index contributed by atoms with van der Waals surface area (Å²) >= 11 is 0. The highest BCUT2D eigenvalue weighted by atomic mass is 16.5. The third-order valence-corrected chi connectivity index (χ3v) is 2.55. The zero-order valence-electron chi connectivity index (χ0n) is 10.9. The topological polar surface area (TPSA) is 18.5 Å². The minimum Gasteiger partial charge on any atom is -0.497 e. The Hall–Kier alpha value is -1.96. The Labute approximate surface area is 108 Å². The fraction of sp³-hybridized carbons (Fsp3) is 0.250. The van der Waals surface area contributed by atoms with E-state index in [2.05, 4.69) is 6.07 Å². The molecule has 18 heavy (non-hydrogen) atoms. The normalized spacial score (nSPS) is 10.4. The number of benzene rings is 2. The maximum absolute atomic E-state index is 5.81. The molecule has 0 N–H and O–H groups in total. The van der Waals surface area contributed by atoms with Gasteiger partial charge < -0.3 is 9.47 Å². The molecule has 0 amide bonds. The molecule has 0 fully saturated rings. The summed E-state index contributed by atoms with van der Waals surface area (Å²) < 4.78 is 11.0. The predicted molar refractivity (Wildman–Crippen MR) is 73.0 cm³/mol. The second-order valence-electron chi connectivity index (χ2n) is 4.30. The predicted octanol–water partition coefficient (Wildman–Crippen LogP) is 3.95. The third kappa shape index (κ3) is 2.83. The van der Waals surface area contributed by atoms with E-state index in [0.717, 1.165) is 22.6 Å². The lowest BCUT2D eigenvalue weighted by atomic mass is 10.0. The lowest BCUT2D eigenvalue weighted by molar-refractivity contribution is 0.243. The summed E-state index contributed by atoms with van der Waals surface area (Å²) in [6.07, 6.45) is 0.150. The van der Waals surface area contributed by atoms with E-state index in [1.54, 1.807) is 7.11 Å². The van der Waals surface area contributed by atoms with Crippen LogP contribution in [0.5, 0.6) is 11.5 Å². The van der Waals surface area contributed by atoms with Crippen LogP contribution in [0.3, 0.4) is 0 Å². The molecule has 0 aromatic heterocycles. The van der Waals surface area contributed by atoms with Crippen molar-refractivity contribution in [3.8, 4) is 22.6 Å². The Morgan fingerprint density at radius 3 is 2.61 bits per heavy atom. The van der Waals surface area contributed by atoms with Gasteiger partial charge >= 0.3 is 0 Å². The maximum atomic E-state index is 5.81. The van der Waals surface area contributed by atoms with E-state index < -0.39 is 0 Å². The van der Waals surface area contributed by atoms with Crippen molar-refractivity contribution < 1.29 is 9.47 Å². The maximum Gasteiger partial charge on any atom is 0.127 e. The minimum atomic E-state index is 0.150. The number of ether oxygens (including phenoxy) is 2. The molecule has 2 nitrogen and oxygen atoms in total. The van der Waals surface area contributed by atoms with Crippen LogP contribution in [-0.2, 0) is 0 Å². The van der Waals surface area contributed by atoms with E-state index in [0.29, 0.717) is 0 Å². The first kappa shape index (κ1) is 12.5. The molecule has 0 saturated carbocycles. The van der Waals surface area contributed by atoms with Crippen LogP contribution in [0.2, 0.25) is 0 Å². The average molecular weight is 241 g/mol. The lowest BCUT2D eigenvalue weighted by Crippen LogP contribution is -2.06. The molecule has 0 bridgehead atoms. The molecule has 0 aliphatic heterocycles. The van der Waals surface area contributed by atoms with Crippen molar-refractivity contribution in [3.63, 3.8) is 0 Å². The first-order chi connectivity index (χ1) is 8.70. The number of rotatable bonds is 4. The van der Waals surface area contributed by atoms with Crippen LogP contribution in [-0.4, -0.2) is 13.2 Å². The smallest absolute Gasteiger partial charge is 0.127 e. The van der Waals surface area contributed by atoms with Gasteiger partial charge in [0.2, 0.25) is 0 Å². The molecule has 0 aliphatic carbocycles. The molecule has 0 unspecified atom stereocenters. The number of para-hydroxylation sites is 1. The highest BCUT2D eigenvalue weighted by Crippen LogP contribution is 2.31. The average Bonchev–Trinajstić information content (AvgIpc) is 2.39. The summed E-state index contributed by atoms with van der Waals surface area (Å²) in [7, 11) is 1.66. The molecule has 2 aromatic rings. The van der Waals surface area contributed by atoms with E-state index in [1.807, 2.05) is 56.3 Å². The van der Waals surface area contributed by atoms with Gasteiger partial charge in [-0.1, -0.05) is 24.3 Å². The van der Waals surface area contributed by atoms with Crippen LogP contribution >= 0.6 is 0 Å². The highest BCUT2D eigenvalue weighted by Gasteiger charge is 2.08. The number of methoxy groups -OCH3 is 1. The fourth-order valence-electron chi connectivity index (χ4n) is 1.77. The van der Waals surface area contributed by atoms with Gasteiger partial charge in [-0.05, 0) is 43.7 Å². The molecule has 0 heterocycles. The number of hydrogen-bond donors (Lipinski definition) is 0. The molecule has 0 aliphatic rings. The summed E-state index contributed by atoms with van der Waals surface area (Å²) in [6.45, 7) is 4.04. The Bertz CT molecular complexity index is 518. The van der Waals surface area contributed by atoms with Gasteiger partial charge in [0.25, 0.3) is 0 Å². The van der Waals surface area contributed by atoms with Crippen molar-refractivity contribution in [2.75, 3.05) is 7.11 Å². The standard InChI is InChI=1S/C16H17O2/c1-12(2)18-16-10-5-4-9-15(16)13-7-6-8-14(11-13)17-3/h4-6,8-12H,1-3H3. The molecule has 0 saturated heterocycles. The second kappa shape index (κ2) is 5.58. The first-order valence-electron chi connectivity index (χ1n) is 6.02. The van der Waals surface area contributed by atoms with E-state index in [1.165, 1.54) is 0 Å². The van der Waals surface area contributed by atoms with Crippen molar-refractivity contribution >= 4 is 0 Å². The van der Waals surface area contributed by atoms with Gasteiger partial charge in [-0.25, -0.2) is 0 Å². The van der Waals surface area contributed by atoms with Crippen molar-refractivity contribution in [2.45, 2.75) is 20.0 Å². The monoisotopic (exact) mass is 241 g/mol. The lowest BCUT2D eigenvalue weighted by Gasteiger charge is -2.14. The van der Waals surface area contributed by atoms with Crippen molar-refractivity contribution in [2.24, 2.45) is 0 Å². The van der Waals surface area contributed by atoms with Gasteiger partial charge in [0.1, 0.15) is 11.5 Å². The van der Waals surface area contributed by atoms with Crippen LogP contribution < -0.4 is 9.47 Å². The zero-order valence-corrected chi connectivity index (χ0v) is 10.9. The SMILES string of the molecule is COc1cc[c]c(-c2ccccc2OC(C)C)c1. The Kier molecular flexibility index (Phi) is 3.88. The molecule has 2 rings (SSSR count). The van der Waals surface area contributed by atoms with E-state index in [4.69, 9.17) is 9.47 Å². The summed E-state index contributed by atoms with van der Waals surface area (Å²) in [5, 5.41) is 0. The van der Waals surface area contributed by atoms with Crippen LogP contribution in [0.1, 0.15) is 13.8 Å². The van der Waals surface area contributed by atoms with Crippen LogP contribution in [0.4, 0.5) is 0 Å². The summed E-state index contributed by atoms with van der Waals surface area (Å²) in [5.41, 5.74) is 2.01. The fourth-order valence-corrected chi connectivity index (χ4v) is 1.77. The van der Waals surface area contributed by atoms with Gasteiger partial charge in [0.05, 0.1) is 13.2 Å². The van der Waals surface area contributed by atoms with Crippen LogP contribution in [0, 0.1) is 6.07 Å². The Morgan fingerprint density at radius 1 is 1.11 bits per heavy atom. The molecular formula is C16H17O2. The summed E-state index contributed by atoms with van der Waals surface area (Å²) in [5.74, 6) is 1.69. The van der Waals surface area contributed by atoms with Gasteiger partial charge in [-0.3, -0.25) is 0 Å². The zero-order chi connectivity index (χ0) is 13.0. The molecule has 2 heteroatoms. The van der Waals surface area contributed by atoms with E-state index in [-0.39, 0.29) is 6.10 Å². The molecule has 1 radical (unpaired) electrons. The van der Waals surface area contributed by atoms with Crippen molar-refractivity contribution in [3.05, 3.63) is 48.5 Å². The number of hydrogen-bond acceptors (Lipinski definition) is 2.